The van der Waals surface area contributed by atoms with Gasteiger partial charge in [0.1, 0.15) is 5.75 Å². The molecule has 0 aliphatic carbocycles. The molecule has 0 amide bonds. The highest BCUT2D eigenvalue weighted by Crippen LogP contribution is 2.19. The Morgan fingerprint density at radius 2 is 2.22 bits per heavy atom. The number of rotatable bonds is 5. The number of hydrogen-bond acceptors (Lipinski definition) is 4. The molecular weight excluding hydrogens is 244 g/mol. The zero-order chi connectivity index (χ0) is 13.0. The van der Waals surface area contributed by atoms with Gasteiger partial charge in [0.25, 0.3) is 0 Å². The first-order valence-corrected chi connectivity index (χ1v) is 6.94. The first kappa shape index (κ1) is 12.9. The van der Waals surface area contributed by atoms with Gasteiger partial charge >= 0.3 is 0 Å². The molecule has 1 heterocycles. The van der Waals surface area contributed by atoms with Crippen molar-refractivity contribution in [2.75, 3.05) is 12.3 Å². The average molecular weight is 262 g/mol. The normalized spacial score (nSPS) is 10.6. The Kier molecular flexibility index (Phi) is 4.20. The summed E-state index contributed by atoms with van der Waals surface area (Å²) in [5.41, 5.74) is 7.63. The number of ether oxygens (including phenoxy) is 1. The van der Waals surface area contributed by atoms with Crippen molar-refractivity contribution in [1.29, 1.82) is 0 Å². The molecule has 0 bridgehead atoms. The van der Waals surface area contributed by atoms with Crippen LogP contribution >= 0.6 is 11.3 Å². The lowest BCUT2D eigenvalue weighted by Crippen LogP contribution is -2.01. The monoisotopic (exact) mass is 262 g/mol. The van der Waals surface area contributed by atoms with Crippen molar-refractivity contribution in [1.82, 2.24) is 4.98 Å². The van der Waals surface area contributed by atoms with Crippen molar-refractivity contribution < 1.29 is 4.74 Å². The van der Waals surface area contributed by atoms with Gasteiger partial charge in [-0.15, -0.1) is 11.3 Å². The van der Waals surface area contributed by atoms with Crippen LogP contribution in [0, 0.1) is 6.92 Å². The molecule has 18 heavy (non-hydrogen) atoms. The van der Waals surface area contributed by atoms with Crippen LogP contribution in [0.4, 0.5) is 5.69 Å². The topological polar surface area (TPSA) is 48.1 Å². The predicted molar refractivity (Wildman–Crippen MR) is 76.3 cm³/mol. The van der Waals surface area contributed by atoms with E-state index in [2.05, 4.69) is 18.8 Å². The number of nitrogens with zero attached hydrogens (tertiary/aromatic N) is 1. The molecule has 0 atom stereocenters. The number of nitrogens with two attached hydrogens (primary N) is 1. The van der Waals surface area contributed by atoms with Crippen molar-refractivity contribution in [2.24, 2.45) is 0 Å². The Balaban J connectivity index is 1.88. The highest BCUT2D eigenvalue weighted by Gasteiger charge is 2.05. The highest BCUT2D eigenvalue weighted by molar-refractivity contribution is 7.11. The van der Waals surface area contributed by atoms with Gasteiger partial charge in [-0.1, -0.05) is 13.0 Å². The number of anilines is 1. The Bertz CT molecular complexity index is 522. The minimum atomic E-state index is 0.638. The Morgan fingerprint density at radius 1 is 1.39 bits per heavy atom. The van der Waals surface area contributed by atoms with Crippen molar-refractivity contribution in [2.45, 2.75) is 26.7 Å². The number of benzene rings is 1. The third-order valence-corrected chi connectivity index (χ3v) is 3.79. The number of hydrogen-bond donors (Lipinski definition) is 1. The summed E-state index contributed by atoms with van der Waals surface area (Å²) in [7, 11) is 0. The van der Waals surface area contributed by atoms with E-state index in [4.69, 9.17) is 10.5 Å². The lowest BCUT2D eigenvalue weighted by molar-refractivity contribution is 0.322. The molecule has 1 aromatic carbocycles. The quantitative estimate of drug-likeness (QED) is 0.842. The van der Waals surface area contributed by atoms with Crippen molar-refractivity contribution in [3.8, 4) is 5.75 Å². The second-order valence-corrected chi connectivity index (χ2v) is 5.42. The first-order valence-electron chi connectivity index (χ1n) is 6.12. The molecule has 4 heteroatoms. The maximum atomic E-state index is 5.69. The fourth-order valence-electron chi connectivity index (χ4n) is 1.78. The van der Waals surface area contributed by atoms with Crippen molar-refractivity contribution in [3.63, 3.8) is 0 Å². The predicted octanol–water partition coefficient (Wildman–Crippen LogP) is 3.22. The zero-order valence-electron chi connectivity index (χ0n) is 10.8. The summed E-state index contributed by atoms with van der Waals surface area (Å²) >= 11 is 1.76. The molecule has 0 radical (unpaired) electrons. The van der Waals surface area contributed by atoms with Gasteiger partial charge in [0.15, 0.2) is 0 Å². The van der Waals surface area contributed by atoms with Crippen LogP contribution in [0.2, 0.25) is 0 Å². The molecule has 1 aromatic heterocycles. The van der Waals surface area contributed by atoms with Crippen LogP contribution in [-0.4, -0.2) is 11.6 Å². The van der Waals surface area contributed by atoms with Gasteiger partial charge in [0.2, 0.25) is 0 Å². The second-order valence-electron chi connectivity index (χ2n) is 4.13. The summed E-state index contributed by atoms with van der Waals surface area (Å²) in [5, 5.41) is 1.15. The van der Waals surface area contributed by atoms with Gasteiger partial charge in [0, 0.05) is 23.1 Å². The number of aryl methyl sites for hydroxylation is 2. The third kappa shape index (κ3) is 3.23. The summed E-state index contributed by atoms with van der Waals surface area (Å²) in [5.74, 6) is 0.819. The summed E-state index contributed by atoms with van der Waals surface area (Å²) in [4.78, 5) is 5.91. The van der Waals surface area contributed by atoms with Gasteiger partial charge in [-0.2, -0.15) is 0 Å². The van der Waals surface area contributed by atoms with E-state index >= 15 is 0 Å². The maximum absolute atomic E-state index is 5.69. The molecule has 0 saturated heterocycles. The molecule has 96 valence electrons. The molecule has 0 spiro atoms. The van der Waals surface area contributed by atoms with Gasteiger partial charge in [-0.3, -0.25) is 0 Å². The minimum absolute atomic E-state index is 0.638. The number of aromatic nitrogens is 1. The number of nitrogen functional groups attached to an aromatic ring is 1. The van der Waals surface area contributed by atoms with Crippen LogP contribution in [-0.2, 0) is 12.8 Å². The summed E-state index contributed by atoms with van der Waals surface area (Å²) in [6.07, 6.45) is 1.85. The van der Waals surface area contributed by atoms with E-state index < -0.39 is 0 Å². The van der Waals surface area contributed by atoms with E-state index in [1.54, 1.807) is 11.3 Å². The van der Waals surface area contributed by atoms with E-state index in [9.17, 15) is 0 Å². The van der Waals surface area contributed by atoms with E-state index in [1.165, 1.54) is 10.6 Å². The molecule has 3 nitrogen and oxygen atoms in total. The Labute approximate surface area is 112 Å². The molecule has 0 fully saturated rings. The van der Waals surface area contributed by atoms with Gasteiger partial charge in [-0.05, 0) is 25.5 Å². The summed E-state index contributed by atoms with van der Waals surface area (Å²) < 4.78 is 5.66. The van der Waals surface area contributed by atoms with Crippen molar-refractivity contribution >= 4 is 17.0 Å². The van der Waals surface area contributed by atoms with Crippen LogP contribution in [0.5, 0.6) is 5.75 Å². The smallest absolute Gasteiger partial charge is 0.121 e. The van der Waals surface area contributed by atoms with E-state index in [1.807, 2.05) is 24.3 Å². The summed E-state index contributed by atoms with van der Waals surface area (Å²) in [6.45, 7) is 4.90. The molecule has 2 aromatic rings. The zero-order valence-corrected chi connectivity index (χ0v) is 11.6. The molecule has 0 aliphatic rings. The third-order valence-electron chi connectivity index (χ3n) is 2.71. The first-order chi connectivity index (χ1) is 8.69. The Morgan fingerprint density at radius 3 is 2.89 bits per heavy atom. The van der Waals surface area contributed by atoms with E-state index in [0.717, 1.165) is 29.3 Å². The molecule has 2 N–H and O–H groups in total. The molecule has 2 rings (SSSR count). The van der Waals surface area contributed by atoms with Crippen LogP contribution in [0.25, 0.3) is 0 Å². The largest absolute Gasteiger partial charge is 0.493 e. The van der Waals surface area contributed by atoms with Gasteiger partial charge in [0.05, 0.1) is 17.3 Å². The average Bonchev–Trinajstić information content (AvgIpc) is 2.70. The lowest BCUT2D eigenvalue weighted by atomic mass is 10.3. The number of thiazole rings is 1. The fraction of sp³-hybridized carbons (Fsp3) is 0.357. The molecule has 0 unspecified atom stereocenters. The van der Waals surface area contributed by atoms with Crippen LogP contribution in [0.1, 0.15) is 22.5 Å². The second kappa shape index (κ2) is 5.87. The molecular formula is C14H18N2OS. The van der Waals surface area contributed by atoms with E-state index in [0.29, 0.717) is 6.61 Å². The van der Waals surface area contributed by atoms with Gasteiger partial charge in [-0.25, -0.2) is 4.98 Å². The molecule has 0 aliphatic heterocycles. The maximum Gasteiger partial charge on any atom is 0.121 e. The lowest BCUT2D eigenvalue weighted by Gasteiger charge is -2.05. The molecule has 0 saturated carbocycles. The minimum Gasteiger partial charge on any atom is -0.493 e. The van der Waals surface area contributed by atoms with Crippen LogP contribution < -0.4 is 10.5 Å². The highest BCUT2D eigenvalue weighted by atomic mass is 32.1. The fourth-order valence-corrected chi connectivity index (χ4v) is 2.79. The Hall–Kier alpha value is -1.55. The van der Waals surface area contributed by atoms with Gasteiger partial charge < -0.3 is 10.5 Å². The SMILES string of the molecule is CCc1nc(CCOc2cccc(N)c2)sc1C. The van der Waals surface area contributed by atoms with Crippen molar-refractivity contribution in [3.05, 3.63) is 39.8 Å². The van der Waals surface area contributed by atoms with Crippen LogP contribution in [0.15, 0.2) is 24.3 Å². The summed E-state index contributed by atoms with van der Waals surface area (Å²) in [6, 6.07) is 7.50. The van der Waals surface area contributed by atoms with E-state index in [-0.39, 0.29) is 0 Å². The standard InChI is InChI=1S/C14H18N2OS/c1-3-13-10(2)18-14(16-13)7-8-17-12-6-4-5-11(15)9-12/h4-6,9H,3,7-8,15H2,1-2H3. The van der Waals surface area contributed by atoms with Crippen LogP contribution in [0.3, 0.4) is 0 Å².